The number of aryl methyl sites for hydroxylation is 1. The molecule has 0 saturated carbocycles. The quantitative estimate of drug-likeness (QED) is 0.406. The van der Waals surface area contributed by atoms with Crippen LogP contribution in [-0.2, 0) is 23.9 Å². The van der Waals surface area contributed by atoms with Gasteiger partial charge in [-0.1, -0.05) is 24.3 Å². The summed E-state index contributed by atoms with van der Waals surface area (Å²) < 4.78 is 66.0. The number of benzene rings is 1. The van der Waals surface area contributed by atoms with E-state index < -0.39 is 36.4 Å². The number of pyridine rings is 1. The highest BCUT2D eigenvalue weighted by Crippen LogP contribution is 2.33. The molecule has 2 aromatic heterocycles. The first-order valence-electron chi connectivity index (χ1n) is 13.2. The molecular formula is C28H28F5N5O2. The number of likely N-dealkylation sites (tertiary alicyclic amines) is 1. The average Bonchev–Trinajstić information content (AvgIpc) is 3.38. The summed E-state index contributed by atoms with van der Waals surface area (Å²) in [5.41, 5.74) is 1.14. The molecule has 2 amide bonds. The molecule has 3 aromatic rings. The molecule has 7 nitrogen and oxygen atoms in total. The minimum Gasteiger partial charge on any atom is -0.344 e. The highest BCUT2D eigenvalue weighted by molar-refractivity contribution is 5.92. The highest BCUT2D eigenvalue weighted by Gasteiger charge is 2.38. The number of rotatable bonds is 6. The maximum Gasteiger partial charge on any atom is 0.433 e. The number of hydrogen-bond donors (Lipinski definition) is 1. The number of carbonyl (C=O) groups is 2. The molecule has 3 heterocycles. The minimum absolute atomic E-state index is 0.0230. The average molecular weight is 562 g/mol. The molecule has 212 valence electrons. The Kier molecular flexibility index (Phi) is 7.86. The summed E-state index contributed by atoms with van der Waals surface area (Å²) in [6.07, 6.45) is -2.65. The van der Waals surface area contributed by atoms with E-state index in [2.05, 4.69) is 21.5 Å². The van der Waals surface area contributed by atoms with E-state index in [1.165, 1.54) is 10.5 Å². The van der Waals surface area contributed by atoms with Gasteiger partial charge < -0.3 is 10.2 Å². The summed E-state index contributed by atoms with van der Waals surface area (Å²) in [5, 5.41) is 6.41. The monoisotopic (exact) mass is 561 g/mol. The van der Waals surface area contributed by atoms with E-state index in [4.69, 9.17) is 0 Å². The van der Waals surface area contributed by atoms with Crippen molar-refractivity contribution in [3.05, 3.63) is 82.4 Å². The Labute approximate surface area is 227 Å². The molecule has 1 aromatic carbocycles. The van der Waals surface area contributed by atoms with E-state index in [0.29, 0.717) is 23.2 Å². The summed E-state index contributed by atoms with van der Waals surface area (Å²) in [4.78, 5) is 31.5. The van der Waals surface area contributed by atoms with Crippen molar-refractivity contribution >= 4 is 11.8 Å². The predicted octanol–water partition coefficient (Wildman–Crippen LogP) is 5.45. The third kappa shape index (κ3) is 6.00. The Morgan fingerprint density at radius 2 is 1.80 bits per heavy atom. The molecule has 1 N–H and O–H groups in total. The molecule has 0 radical (unpaired) electrons. The number of nitrogens with zero attached hydrogens (tertiary/aromatic N) is 4. The fraction of sp³-hybridized carbons (Fsp3) is 0.429. The standard InChI is InChI=1S/C28H28F5N5O2/c29-26(30)22-15-24(28(31,32)33)38(36-22)16-25(39)37-12-9-17(10-13-37)19-8-11-34-23(14-19)27(40)35-21-7-3-5-18-4-1-2-6-20(18)21/h1-2,4,6,8,11,14-15,17,21,26H,3,5,7,9-10,12-13,16H2,(H,35,40). The zero-order valence-corrected chi connectivity index (χ0v) is 21.5. The van der Waals surface area contributed by atoms with E-state index in [0.717, 1.165) is 30.4 Å². The van der Waals surface area contributed by atoms with Crippen LogP contribution in [0.5, 0.6) is 0 Å². The number of halogens is 5. The molecule has 40 heavy (non-hydrogen) atoms. The third-order valence-corrected chi connectivity index (χ3v) is 7.61. The van der Waals surface area contributed by atoms with Crippen LogP contribution < -0.4 is 5.32 Å². The molecule has 5 rings (SSSR count). The van der Waals surface area contributed by atoms with Gasteiger partial charge in [-0.25, -0.2) is 8.78 Å². The van der Waals surface area contributed by atoms with Crippen LogP contribution in [0, 0.1) is 0 Å². The Hall–Kier alpha value is -3.83. The van der Waals surface area contributed by atoms with Crippen molar-refractivity contribution in [1.29, 1.82) is 0 Å². The van der Waals surface area contributed by atoms with Gasteiger partial charge in [-0.05, 0) is 72.9 Å². The van der Waals surface area contributed by atoms with Crippen molar-refractivity contribution in [2.45, 2.75) is 63.2 Å². The summed E-state index contributed by atoms with van der Waals surface area (Å²) in [6, 6.07) is 11.8. The molecule has 0 spiro atoms. The summed E-state index contributed by atoms with van der Waals surface area (Å²) in [6.45, 7) is -0.233. The fourth-order valence-corrected chi connectivity index (χ4v) is 5.54. The second kappa shape index (κ2) is 11.3. The third-order valence-electron chi connectivity index (χ3n) is 7.61. The van der Waals surface area contributed by atoms with Crippen LogP contribution in [0.25, 0.3) is 0 Å². The van der Waals surface area contributed by atoms with Gasteiger partial charge in [0.05, 0.1) is 6.04 Å². The van der Waals surface area contributed by atoms with Gasteiger partial charge >= 0.3 is 6.18 Å². The molecule has 1 unspecified atom stereocenters. The minimum atomic E-state index is -4.92. The first-order valence-corrected chi connectivity index (χ1v) is 13.2. The van der Waals surface area contributed by atoms with E-state index >= 15 is 0 Å². The normalized spacial score (nSPS) is 18.1. The van der Waals surface area contributed by atoms with Gasteiger partial charge in [-0.2, -0.15) is 18.3 Å². The predicted molar refractivity (Wildman–Crippen MR) is 135 cm³/mol. The SMILES string of the molecule is O=C(NC1CCCc2ccccc21)c1cc(C2CCN(C(=O)Cn3nc(C(F)F)cc3C(F)(F)F)CC2)ccn1. The Morgan fingerprint density at radius 1 is 1.05 bits per heavy atom. The molecule has 0 bridgehead atoms. The van der Waals surface area contributed by atoms with Crippen LogP contribution in [0.4, 0.5) is 22.0 Å². The summed E-state index contributed by atoms with van der Waals surface area (Å²) >= 11 is 0. The maximum absolute atomic E-state index is 13.3. The topological polar surface area (TPSA) is 80.1 Å². The van der Waals surface area contributed by atoms with E-state index in [9.17, 15) is 31.5 Å². The number of alkyl halides is 5. The van der Waals surface area contributed by atoms with Gasteiger partial charge in [-0.15, -0.1) is 0 Å². The molecule has 12 heteroatoms. The van der Waals surface area contributed by atoms with Gasteiger partial charge in [-0.3, -0.25) is 19.3 Å². The lowest BCUT2D eigenvalue weighted by Crippen LogP contribution is -2.40. The number of amides is 2. The van der Waals surface area contributed by atoms with Gasteiger partial charge in [0, 0.05) is 19.3 Å². The number of hydrogen-bond acceptors (Lipinski definition) is 4. The second-order valence-electron chi connectivity index (χ2n) is 10.2. The number of carbonyl (C=O) groups excluding carboxylic acids is 2. The van der Waals surface area contributed by atoms with Crippen LogP contribution in [0.3, 0.4) is 0 Å². The van der Waals surface area contributed by atoms with Crippen molar-refractivity contribution in [3.8, 4) is 0 Å². The lowest BCUT2D eigenvalue weighted by molar-refractivity contribution is -0.146. The first kappa shape index (κ1) is 27.7. The van der Waals surface area contributed by atoms with E-state index in [-0.39, 0.29) is 37.0 Å². The molecule has 1 saturated heterocycles. The zero-order valence-electron chi connectivity index (χ0n) is 21.5. The first-order chi connectivity index (χ1) is 19.1. The number of aromatic nitrogens is 3. The van der Waals surface area contributed by atoms with Crippen LogP contribution in [0.15, 0.2) is 48.7 Å². The van der Waals surface area contributed by atoms with Crippen LogP contribution in [0.1, 0.15) is 82.6 Å². The highest BCUT2D eigenvalue weighted by atomic mass is 19.4. The van der Waals surface area contributed by atoms with Gasteiger partial charge in [0.15, 0.2) is 0 Å². The lowest BCUT2D eigenvalue weighted by Gasteiger charge is -2.32. The maximum atomic E-state index is 13.3. The van der Waals surface area contributed by atoms with Crippen molar-refractivity contribution in [2.24, 2.45) is 0 Å². The molecule has 1 aliphatic heterocycles. The van der Waals surface area contributed by atoms with Gasteiger partial charge in [0.25, 0.3) is 12.3 Å². The van der Waals surface area contributed by atoms with Crippen LogP contribution in [-0.4, -0.2) is 44.6 Å². The summed E-state index contributed by atoms with van der Waals surface area (Å²) in [7, 11) is 0. The van der Waals surface area contributed by atoms with Crippen molar-refractivity contribution in [1.82, 2.24) is 25.0 Å². The van der Waals surface area contributed by atoms with Crippen molar-refractivity contribution in [3.63, 3.8) is 0 Å². The van der Waals surface area contributed by atoms with Gasteiger partial charge in [0.2, 0.25) is 5.91 Å². The largest absolute Gasteiger partial charge is 0.433 e. The fourth-order valence-electron chi connectivity index (χ4n) is 5.54. The van der Waals surface area contributed by atoms with Crippen molar-refractivity contribution < 1.29 is 31.5 Å². The number of fused-ring (bicyclic) bond motifs is 1. The second-order valence-corrected chi connectivity index (χ2v) is 10.2. The van der Waals surface area contributed by atoms with Crippen LogP contribution in [0.2, 0.25) is 0 Å². The molecule has 1 atom stereocenters. The smallest absolute Gasteiger partial charge is 0.344 e. The Bertz CT molecular complexity index is 1380. The molecule has 1 aliphatic carbocycles. The molecule has 1 fully saturated rings. The zero-order chi connectivity index (χ0) is 28.4. The Balaban J connectivity index is 1.20. The van der Waals surface area contributed by atoms with Gasteiger partial charge in [0.1, 0.15) is 23.6 Å². The number of piperidine rings is 1. The summed E-state index contributed by atoms with van der Waals surface area (Å²) in [5.74, 6) is -0.871. The van der Waals surface area contributed by atoms with E-state index in [1.54, 1.807) is 12.3 Å². The van der Waals surface area contributed by atoms with Crippen molar-refractivity contribution in [2.75, 3.05) is 13.1 Å². The number of nitrogens with one attached hydrogen (secondary N) is 1. The lowest BCUT2D eigenvalue weighted by atomic mass is 9.87. The van der Waals surface area contributed by atoms with Crippen LogP contribution >= 0.6 is 0 Å². The van der Waals surface area contributed by atoms with E-state index in [1.807, 2.05) is 24.3 Å². The molecule has 2 aliphatic rings. The molecular weight excluding hydrogens is 533 g/mol. The Morgan fingerprint density at radius 3 is 2.52 bits per heavy atom.